The third-order valence-corrected chi connectivity index (χ3v) is 4.30. The van der Waals surface area contributed by atoms with Crippen molar-refractivity contribution in [3.8, 4) is 0 Å². The molecule has 0 amide bonds. The van der Waals surface area contributed by atoms with Crippen LogP contribution in [0.3, 0.4) is 0 Å². The minimum Gasteiger partial charge on any atom is -0.309 e. The molecule has 2 nitrogen and oxygen atoms in total. The Labute approximate surface area is 131 Å². The van der Waals surface area contributed by atoms with Crippen molar-refractivity contribution in [1.29, 1.82) is 0 Å². The Hall–Kier alpha value is -1.78. The Morgan fingerprint density at radius 2 is 1.95 bits per heavy atom. The van der Waals surface area contributed by atoms with Crippen molar-refractivity contribution in [2.75, 3.05) is 7.05 Å². The maximum absolute atomic E-state index is 14.3. The Morgan fingerprint density at radius 1 is 1.14 bits per heavy atom. The molecule has 0 saturated carbocycles. The molecule has 0 bridgehead atoms. The molecule has 0 radical (unpaired) electrons. The summed E-state index contributed by atoms with van der Waals surface area (Å²) in [6.07, 6.45) is 3.59. The maximum atomic E-state index is 14.3. The van der Waals surface area contributed by atoms with Crippen molar-refractivity contribution in [3.63, 3.8) is 0 Å². The smallest absolute Gasteiger partial charge is 0.129 e. The second-order valence-corrected chi connectivity index (χ2v) is 5.66. The lowest BCUT2D eigenvalue weighted by atomic mass is 9.94. The molecular weight excluding hydrogens is 331 g/mol. The summed E-state index contributed by atoms with van der Waals surface area (Å²) in [7, 11) is 1.83. The van der Waals surface area contributed by atoms with Crippen LogP contribution in [0.2, 0.25) is 0 Å². The maximum Gasteiger partial charge on any atom is 0.129 e. The zero-order valence-electron chi connectivity index (χ0n) is 11.5. The van der Waals surface area contributed by atoms with Crippen LogP contribution in [0.5, 0.6) is 0 Å². The predicted octanol–water partition coefficient (Wildman–Crippen LogP) is 4.45. The van der Waals surface area contributed by atoms with Crippen LogP contribution in [-0.4, -0.2) is 12.0 Å². The van der Waals surface area contributed by atoms with Gasteiger partial charge in [0.2, 0.25) is 0 Å². The van der Waals surface area contributed by atoms with E-state index in [0.29, 0.717) is 5.56 Å². The molecule has 3 aromatic rings. The van der Waals surface area contributed by atoms with Gasteiger partial charge in [0.1, 0.15) is 5.82 Å². The third kappa shape index (κ3) is 2.57. The van der Waals surface area contributed by atoms with Crippen LogP contribution in [0.25, 0.3) is 10.8 Å². The van der Waals surface area contributed by atoms with Crippen molar-refractivity contribution in [3.05, 3.63) is 76.3 Å². The second kappa shape index (κ2) is 5.92. The highest BCUT2D eigenvalue weighted by Crippen LogP contribution is 2.33. The van der Waals surface area contributed by atoms with Crippen molar-refractivity contribution in [1.82, 2.24) is 10.3 Å². The van der Waals surface area contributed by atoms with E-state index in [1.54, 1.807) is 12.3 Å². The Morgan fingerprint density at radius 3 is 2.71 bits per heavy atom. The summed E-state index contributed by atoms with van der Waals surface area (Å²) in [6, 6.07) is 12.8. The second-order valence-electron chi connectivity index (χ2n) is 4.80. The summed E-state index contributed by atoms with van der Waals surface area (Å²) in [5, 5.41) is 5.33. The van der Waals surface area contributed by atoms with Crippen LogP contribution in [0, 0.1) is 5.82 Å². The molecule has 1 heterocycles. The lowest BCUT2D eigenvalue weighted by Crippen LogP contribution is -2.20. The van der Waals surface area contributed by atoms with Gasteiger partial charge in [0.15, 0.2) is 0 Å². The molecule has 1 unspecified atom stereocenters. The van der Waals surface area contributed by atoms with Gasteiger partial charge in [0.25, 0.3) is 0 Å². The molecule has 0 aliphatic rings. The zero-order chi connectivity index (χ0) is 14.8. The first kappa shape index (κ1) is 14.2. The van der Waals surface area contributed by atoms with Crippen LogP contribution < -0.4 is 5.32 Å². The standard InChI is InChI=1S/C17H14BrFN2/c1-20-17(16-14(18)6-3-7-15(16)19)12-5-2-4-11-8-9-21-10-13(11)12/h2-10,17,20H,1H3. The minimum absolute atomic E-state index is 0.232. The molecule has 106 valence electrons. The molecule has 21 heavy (non-hydrogen) atoms. The molecule has 0 saturated heterocycles. The number of nitrogens with one attached hydrogen (secondary N) is 1. The highest BCUT2D eigenvalue weighted by atomic mass is 79.9. The van der Waals surface area contributed by atoms with E-state index in [9.17, 15) is 4.39 Å². The molecule has 0 fully saturated rings. The molecule has 4 heteroatoms. The molecule has 1 aromatic heterocycles. The fourth-order valence-corrected chi connectivity index (χ4v) is 3.20. The molecule has 1 atom stereocenters. The van der Waals surface area contributed by atoms with Gasteiger partial charge in [0, 0.05) is 27.8 Å². The van der Waals surface area contributed by atoms with Gasteiger partial charge in [0.05, 0.1) is 6.04 Å². The first-order valence-corrected chi connectivity index (χ1v) is 7.45. The van der Waals surface area contributed by atoms with Gasteiger partial charge >= 0.3 is 0 Å². The lowest BCUT2D eigenvalue weighted by molar-refractivity contribution is 0.575. The van der Waals surface area contributed by atoms with Crippen LogP contribution >= 0.6 is 15.9 Å². The topological polar surface area (TPSA) is 24.9 Å². The molecule has 2 aromatic carbocycles. The average molecular weight is 345 g/mol. The van der Waals surface area contributed by atoms with E-state index in [1.807, 2.05) is 43.6 Å². The molecular formula is C17H14BrFN2. The fourth-order valence-electron chi connectivity index (χ4n) is 2.63. The number of pyridine rings is 1. The predicted molar refractivity (Wildman–Crippen MR) is 86.7 cm³/mol. The summed E-state index contributed by atoms with van der Waals surface area (Å²) in [5.41, 5.74) is 1.62. The van der Waals surface area contributed by atoms with Gasteiger partial charge in [-0.3, -0.25) is 4.98 Å². The van der Waals surface area contributed by atoms with Gasteiger partial charge in [-0.25, -0.2) is 4.39 Å². The summed E-state index contributed by atoms with van der Waals surface area (Å²) in [4.78, 5) is 4.20. The minimum atomic E-state index is -0.242. The van der Waals surface area contributed by atoms with Crippen LogP contribution in [0.4, 0.5) is 4.39 Å². The number of benzene rings is 2. The average Bonchev–Trinajstić information content (AvgIpc) is 2.51. The normalized spacial score (nSPS) is 12.5. The van der Waals surface area contributed by atoms with Crippen LogP contribution in [0.1, 0.15) is 17.2 Å². The SMILES string of the molecule is CNC(c1c(F)cccc1Br)c1cccc2ccncc12. The van der Waals surface area contributed by atoms with E-state index < -0.39 is 0 Å². The summed E-state index contributed by atoms with van der Waals surface area (Å²) < 4.78 is 15.0. The summed E-state index contributed by atoms with van der Waals surface area (Å²) in [6.45, 7) is 0. The van der Waals surface area contributed by atoms with Gasteiger partial charge in [-0.15, -0.1) is 0 Å². The first-order valence-electron chi connectivity index (χ1n) is 6.66. The lowest BCUT2D eigenvalue weighted by Gasteiger charge is -2.21. The number of rotatable bonds is 3. The first-order chi connectivity index (χ1) is 10.2. The van der Waals surface area contributed by atoms with E-state index >= 15 is 0 Å². The van der Waals surface area contributed by atoms with E-state index in [0.717, 1.165) is 20.8 Å². The summed E-state index contributed by atoms with van der Waals surface area (Å²) >= 11 is 3.45. The van der Waals surface area contributed by atoms with E-state index in [2.05, 4.69) is 26.2 Å². The van der Waals surface area contributed by atoms with E-state index in [1.165, 1.54) is 6.07 Å². The monoisotopic (exact) mass is 344 g/mol. The fraction of sp³-hybridized carbons (Fsp3) is 0.118. The Kier molecular flexibility index (Phi) is 3.99. The van der Waals surface area contributed by atoms with Crippen molar-refractivity contribution >= 4 is 26.7 Å². The Balaban J connectivity index is 2.24. The largest absolute Gasteiger partial charge is 0.309 e. The molecule has 0 aliphatic carbocycles. The highest BCUT2D eigenvalue weighted by molar-refractivity contribution is 9.10. The summed E-state index contributed by atoms with van der Waals surface area (Å²) in [5.74, 6) is -0.232. The number of halogens is 2. The molecule has 1 N–H and O–H groups in total. The van der Waals surface area contributed by atoms with E-state index in [-0.39, 0.29) is 11.9 Å². The van der Waals surface area contributed by atoms with Crippen molar-refractivity contribution < 1.29 is 4.39 Å². The van der Waals surface area contributed by atoms with Gasteiger partial charge < -0.3 is 5.32 Å². The quantitative estimate of drug-likeness (QED) is 0.759. The number of hydrogen-bond donors (Lipinski definition) is 1. The van der Waals surface area contributed by atoms with Gasteiger partial charge in [-0.05, 0) is 36.2 Å². The molecule has 0 spiro atoms. The number of aromatic nitrogens is 1. The van der Waals surface area contributed by atoms with Crippen LogP contribution in [-0.2, 0) is 0 Å². The Bertz CT molecular complexity index is 763. The van der Waals surface area contributed by atoms with Gasteiger partial charge in [-0.1, -0.05) is 40.2 Å². The zero-order valence-corrected chi connectivity index (χ0v) is 13.1. The van der Waals surface area contributed by atoms with Crippen molar-refractivity contribution in [2.24, 2.45) is 0 Å². The van der Waals surface area contributed by atoms with Gasteiger partial charge in [-0.2, -0.15) is 0 Å². The van der Waals surface area contributed by atoms with E-state index in [4.69, 9.17) is 0 Å². The molecule has 0 aliphatic heterocycles. The highest BCUT2D eigenvalue weighted by Gasteiger charge is 2.20. The number of nitrogens with zero attached hydrogens (tertiary/aromatic N) is 1. The number of fused-ring (bicyclic) bond motifs is 1. The van der Waals surface area contributed by atoms with Crippen molar-refractivity contribution in [2.45, 2.75) is 6.04 Å². The number of hydrogen-bond acceptors (Lipinski definition) is 2. The third-order valence-electron chi connectivity index (χ3n) is 3.61. The molecule has 3 rings (SSSR count). The van der Waals surface area contributed by atoms with Crippen LogP contribution in [0.15, 0.2) is 59.3 Å².